The lowest BCUT2D eigenvalue weighted by Crippen LogP contribution is -2.34. The lowest BCUT2D eigenvalue weighted by atomic mass is 10.1. The predicted octanol–water partition coefficient (Wildman–Crippen LogP) is 2.09. The Labute approximate surface area is 90.3 Å². The van der Waals surface area contributed by atoms with E-state index >= 15 is 0 Å². The smallest absolute Gasteiger partial charge is 0.0411 e. The van der Waals surface area contributed by atoms with Gasteiger partial charge in [0.25, 0.3) is 0 Å². The molecule has 78 valence electrons. The molecule has 0 radical (unpaired) electrons. The zero-order chi connectivity index (χ0) is 10.4. The van der Waals surface area contributed by atoms with Gasteiger partial charge >= 0.3 is 0 Å². The summed E-state index contributed by atoms with van der Waals surface area (Å²) in [6, 6.07) is 6.04. The van der Waals surface area contributed by atoms with Crippen LogP contribution in [0.4, 0.5) is 0 Å². The van der Waals surface area contributed by atoms with Gasteiger partial charge in [0.1, 0.15) is 0 Å². The fraction of sp³-hybridized carbons (Fsp3) is 0.545. The fourth-order valence-electron chi connectivity index (χ4n) is 1.06. The van der Waals surface area contributed by atoms with Crippen LogP contribution in [0.5, 0.6) is 0 Å². The van der Waals surface area contributed by atoms with E-state index < -0.39 is 0 Å². The molecule has 0 bridgehead atoms. The third-order valence-electron chi connectivity index (χ3n) is 1.70. The molecule has 1 heterocycles. The minimum atomic E-state index is -0.0607. The number of nitrogens with two attached hydrogens (primary N) is 1. The molecule has 0 aliphatic rings. The largest absolute Gasteiger partial charge is 0.325 e. The Balaban J connectivity index is 2.17. The Bertz CT molecular complexity index is 254. The van der Waals surface area contributed by atoms with Gasteiger partial charge in [-0.05, 0) is 38.2 Å². The van der Waals surface area contributed by atoms with Gasteiger partial charge in [-0.2, -0.15) is 11.8 Å². The number of hydrogen-bond acceptors (Lipinski definition) is 3. The van der Waals surface area contributed by atoms with Gasteiger partial charge in [-0.1, -0.05) is 6.07 Å². The number of pyridine rings is 1. The van der Waals surface area contributed by atoms with Crippen molar-refractivity contribution in [3.63, 3.8) is 0 Å². The Kier molecular flexibility index (Phi) is 4.42. The molecule has 2 nitrogen and oxygen atoms in total. The summed E-state index contributed by atoms with van der Waals surface area (Å²) in [5, 5.41) is 0. The molecule has 14 heavy (non-hydrogen) atoms. The minimum Gasteiger partial charge on any atom is -0.325 e. The van der Waals surface area contributed by atoms with Crippen LogP contribution in [0.25, 0.3) is 0 Å². The topological polar surface area (TPSA) is 38.9 Å². The molecule has 3 heteroatoms. The summed E-state index contributed by atoms with van der Waals surface area (Å²) in [4.78, 5) is 4.27. The number of aromatic nitrogens is 1. The highest BCUT2D eigenvalue weighted by Crippen LogP contribution is 2.11. The van der Waals surface area contributed by atoms with E-state index in [-0.39, 0.29) is 5.54 Å². The molecule has 2 N–H and O–H groups in total. The van der Waals surface area contributed by atoms with Crippen LogP contribution >= 0.6 is 11.8 Å². The van der Waals surface area contributed by atoms with Crippen LogP contribution in [0, 0.1) is 0 Å². The summed E-state index contributed by atoms with van der Waals surface area (Å²) < 4.78 is 0. The van der Waals surface area contributed by atoms with Gasteiger partial charge in [0, 0.05) is 23.2 Å². The second-order valence-electron chi connectivity index (χ2n) is 4.11. The maximum absolute atomic E-state index is 5.88. The molecule has 1 aromatic heterocycles. The molecule has 0 atom stereocenters. The standard InChI is InChI=1S/C11H18N2S/c1-11(2,12)9-14-8-6-10-5-3-4-7-13-10/h3-5,7H,6,8-9,12H2,1-2H3. The summed E-state index contributed by atoms with van der Waals surface area (Å²) >= 11 is 1.89. The Morgan fingerprint density at radius 1 is 1.43 bits per heavy atom. The van der Waals surface area contributed by atoms with Crippen LogP contribution < -0.4 is 5.73 Å². The summed E-state index contributed by atoms with van der Waals surface area (Å²) in [5.41, 5.74) is 6.98. The van der Waals surface area contributed by atoms with Gasteiger partial charge in [0.15, 0.2) is 0 Å². The third kappa shape index (κ3) is 5.25. The summed E-state index contributed by atoms with van der Waals surface area (Å²) in [6.45, 7) is 4.11. The average molecular weight is 210 g/mol. The Hall–Kier alpha value is -0.540. The predicted molar refractivity (Wildman–Crippen MR) is 63.5 cm³/mol. The first kappa shape index (κ1) is 11.5. The van der Waals surface area contributed by atoms with E-state index in [0.717, 1.165) is 23.6 Å². The quantitative estimate of drug-likeness (QED) is 0.756. The van der Waals surface area contributed by atoms with E-state index in [0.29, 0.717) is 0 Å². The maximum atomic E-state index is 5.88. The third-order valence-corrected chi connectivity index (χ3v) is 3.14. The normalized spacial score (nSPS) is 11.6. The summed E-state index contributed by atoms with van der Waals surface area (Å²) in [6.07, 6.45) is 2.87. The van der Waals surface area contributed by atoms with Crippen molar-refractivity contribution in [3.05, 3.63) is 30.1 Å². The van der Waals surface area contributed by atoms with Crippen LogP contribution in [0.3, 0.4) is 0 Å². The number of thioether (sulfide) groups is 1. The van der Waals surface area contributed by atoms with Gasteiger partial charge in [-0.25, -0.2) is 0 Å². The molecule has 0 aliphatic heterocycles. The van der Waals surface area contributed by atoms with E-state index in [1.54, 1.807) is 0 Å². The number of rotatable bonds is 5. The van der Waals surface area contributed by atoms with Gasteiger partial charge in [-0.3, -0.25) is 4.98 Å². The monoisotopic (exact) mass is 210 g/mol. The highest BCUT2D eigenvalue weighted by atomic mass is 32.2. The van der Waals surface area contributed by atoms with Crippen molar-refractivity contribution in [2.45, 2.75) is 25.8 Å². The first-order valence-corrected chi connectivity index (χ1v) is 6.00. The first-order chi connectivity index (χ1) is 6.58. The van der Waals surface area contributed by atoms with Crippen molar-refractivity contribution in [2.75, 3.05) is 11.5 Å². The minimum absolute atomic E-state index is 0.0607. The van der Waals surface area contributed by atoms with Crippen molar-refractivity contribution < 1.29 is 0 Å². The lowest BCUT2D eigenvalue weighted by Gasteiger charge is -2.17. The molecule has 0 spiro atoms. The van der Waals surface area contributed by atoms with Gasteiger partial charge in [-0.15, -0.1) is 0 Å². The Morgan fingerprint density at radius 3 is 2.79 bits per heavy atom. The molecule has 0 aliphatic carbocycles. The van der Waals surface area contributed by atoms with E-state index in [1.165, 1.54) is 0 Å². The lowest BCUT2D eigenvalue weighted by molar-refractivity contribution is 0.591. The molecular formula is C11H18N2S. The van der Waals surface area contributed by atoms with Gasteiger partial charge in [0.2, 0.25) is 0 Å². The molecule has 0 aromatic carbocycles. The average Bonchev–Trinajstić information content (AvgIpc) is 2.13. The molecule has 1 aromatic rings. The molecule has 0 unspecified atom stereocenters. The second-order valence-corrected chi connectivity index (χ2v) is 5.22. The first-order valence-electron chi connectivity index (χ1n) is 4.84. The van der Waals surface area contributed by atoms with Crippen LogP contribution in [0.1, 0.15) is 19.5 Å². The molecule has 0 fully saturated rings. The van der Waals surface area contributed by atoms with Crippen molar-refractivity contribution in [1.29, 1.82) is 0 Å². The van der Waals surface area contributed by atoms with Crippen LogP contribution in [-0.2, 0) is 6.42 Å². The zero-order valence-corrected chi connectivity index (χ0v) is 9.68. The molecule has 0 saturated carbocycles. The SMILES string of the molecule is CC(C)(N)CSCCc1ccccn1. The number of aryl methyl sites for hydroxylation is 1. The fourth-order valence-corrected chi connectivity index (χ4v) is 2.08. The molecule has 1 rings (SSSR count). The van der Waals surface area contributed by atoms with Crippen molar-refractivity contribution in [1.82, 2.24) is 4.98 Å². The van der Waals surface area contributed by atoms with Crippen LogP contribution in [-0.4, -0.2) is 22.0 Å². The zero-order valence-electron chi connectivity index (χ0n) is 8.86. The second kappa shape index (κ2) is 5.37. The molecular weight excluding hydrogens is 192 g/mol. The van der Waals surface area contributed by atoms with E-state index in [1.807, 2.05) is 30.1 Å². The van der Waals surface area contributed by atoms with Crippen LogP contribution in [0.15, 0.2) is 24.4 Å². The van der Waals surface area contributed by atoms with E-state index in [9.17, 15) is 0 Å². The van der Waals surface area contributed by atoms with Gasteiger partial charge in [0.05, 0.1) is 0 Å². The van der Waals surface area contributed by atoms with Crippen molar-refractivity contribution in [3.8, 4) is 0 Å². The van der Waals surface area contributed by atoms with Crippen LogP contribution in [0.2, 0.25) is 0 Å². The summed E-state index contributed by atoms with van der Waals surface area (Å²) in [7, 11) is 0. The number of hydrogen-bond donors (Lipinski definition) is 1. The van der Waals surface area contributed by atoms with E-state index in [4.69, 9.17) is 5.73 Å². The Morgan fingerprint density at radius 2 is 2.21 bits per heavy atom. The maximum Gasteiger partial charge on any atom is 0.0411 e. The van der Waals surface area contributed by atoms with E-state index in [2.05, 4.69) is 24.9 Å². The number of nitrogens with zero attached hydrogens (tertiary/aromatic N) is 1. The highest BCUT2D eigenvalue weighted by molar-refractivity contribution is 7.99. The van der Waals surface area contributed by atoms with Gasteiger partial charge < -0.3 is 5.73 Å². The summed E-state index contributed by atoms with van der Waals surface area (Å²) in [5.74, 6) is 2.09. The molecule has 0 amide bonds. The van der Waals surface area contributed by atoms with Crippen molar-refractivity contribution >= 4 is 11.8 Å². The van der Waals surface area contributed by atoms with Crippen molar-refractivity contribution in [2.24, 2.45) is 5.73 Å². The highest BCUT2D eigenvalue weighted by Gasteiger charge is 2.09. The molecule has 0 saturated heterocycles.